The maximum absolute atomic E-state index is 9.24. The van der Waals surface area contributed by atoms with E-state index in [9.17, 15) is 5.11 Å². The molecule has 0 saturated carbocycles. The van der Waals surface area contributed by atoms with Crippen LogP contribution in [0.3, 0.4) is 0 Å². The fourth-order valence-corrected chi connectivity index (χ4v) is 0.993. The van der Waals surface area contributed by atoms with Crippen LogP contribution < -0.4 is 0 Å². The van der Waals surface area contributed by atoms with Crippen LogP contribution in [-0.2, 0) is 32.7 Å². The molecule has 1 atom stereocenters. The number of rotatable bonds is 2. The van der Waals surface area contributed by atoms with E-state index in [4.69, 9.17) is 5.11 Å². The smallest absolute Gasteiger partial charge is 0.0625 e. The van der Waals surface area contributed by atoms with Crippen molar-refractivity contribution in [1.82, 2.24) is 0 Å². The summed E-state index contributed by atoms with van der Waals surface area (Å²) in [6, 6.07) is 8.30. The van der Waals surface area contributed by atoms with Gasteiger partial charge in [-0.15, -0.1) is 5.56 Å². The first kappa shape index (κ1) is 12.2. The Balaban J connectivity index is 0.00000121. The number of aliphatic hydroxyl groups excluding tert-OH is 2. The van der Waals surface area contributed by atoms with E-state index >= 15 is 0 Å². The number of hydrogen-bond acceptors (Lipinski definition) is 2. The van der Waals surface area contributed by atoms with Crippen molar-refractivity contribution in [2.45, 2.75) is 13.0 Å². The summed E-state index contributed by atoms with van der Waals surface area (Å²) in [4.78, 5) is 0. The fourth-order valence-electron chi connectivity index (χ4n) is 0.993. The van der Waals surface area contributed by atoms with Crippen LogP contribution in [0.5, 0.6) is 0 Å². The molecular formula is C9H11O2Y-. The summed E-state index contributed by atoms with van der Waals surface area (Å²) in [6.45, 7) is 1.62. The van der Waals surface area contributed by atoms with Crippen molar-refractivity contribution in [1.29, 1.82) is 0 Å². The van der Waals surface area contributed by atoms with Gasteiger partial charge in [-0.1, -0.05) is 6.92 Å². The Kier molecular flexibility index (Phi) is 5.93. The molecule has 1 aromatic rings. The molecule has 2 nitrogen and oxygen atoms in total. The summed E-state index contributed by atoms with van der Waals surface area (Å²) in [5, 5.41) is 17.9. The molecule has 3 heteroatoms. The van der Waals surface area contributed by atoms with Gasteiger partial charge in [0.05, 0.1) is 12.7 Å². The molecular weight excluding hydrogens is 229 g/mol. The molecule has 0 fully saturated rings. The molecule has 0 aliphatic carbocycles. The predicted octanol–water partition coefficient (Wildman–Crippen LogP) is 0.818. The zero-order valence-electron chi connectivity index (χ0n) is 6.99. The molecule has 0 saturated heterocycles. The molecule has 1 radical (unpaired) electrons. The molecule has 0 aliphatic heterocycles. The second-order valence-electron chi connectivity index (χ2n) is 2.45. The van der Waals surface area contributed by atoms with E-state index in [0.717, 1.165) is 11.1 Å². The Morgan fingerprint density at radius 1 is 1.58 bits per heavy atom. The van der Waals surface area contributed by atoms with Crippen molar-refractivity contribution in [2.75, 3.05) is 6.61 Å². The maximum Gasteiger partial charge on any atom is 0.0625 e. The van der Waals surface area contributed by atoms with Gasteiger partial charge >= 0.3 is 0 Å². The average Bonchev–Trinajstić information content (AvgIpc) is 2.04. The maximum atomic E-state index is 9.24. The van der Waals surface area contributed by atoms with Crippen LogP contribution in [-0.4, -0.2) is 16.8 Å². The minimum absolute atomic E-state index is 0. The quantitative estimate of drug-likeness (QED) is 0.751. The molecule has 12 heavy (non-hydrogen) atoms. The van der Waals surface area contributed by atoms with Gasteiger partial charge in [0.1, 0.15) is 0 Å². The van der Waals surface area contributed by atoms with Crippen molar-refractivity contribution in [3.05, 3.63) is 35.4 Å². The average molecular weight is 240 g/mol. The Hall–Kier alpha value is 0.244. The molecule has 0 bridgehead atoms. The van der Waals surface area contributed by atoms with E-state index in [-0.39, 0.29) is 39.3 Å². The normalized spacial score (nSPS) is 11.9. The van der Waals surface area contributed by atoms with Gasteiger partial charge in [-0.2, -0.15) is 29.8 Å². The van der Waals surface area contributed by atoms with Crippen molar-refractivity contribution in [2.24, 2.45) is 0 Å². The number of benzene rings is 1. The third kappa shape index (κ3) is 2.94. The molecule has 2 N–H and O–H groups in total. The zero-order chi connectivity index (χ0) is 8.27. The SMILES string of the molecule is Cc1[c-]cccc1[C@H](O)CO.[Y]. The summed E-state index contributed by atoms with van der Waals surface area (Å²) in [5.74, 6) is 0. The van der Waals surface area contributed by atoms with Gasteiger partial charge in [0, 0.05) is 32.7 Å². The molecule has 1 rings (SSSR count). The standard InChI is InChI=1S/C9H11O2.Y/c1-7-4-2-3-5-8(7)9(11)6-10;/h2-3,5,9-11H,6H2,1H3;/q-1;/t9-;/m1./s1. The van der Waals surface area contributed by atoms with Crippen LogP contribution in [0.4, 0.5) is 0 Å². The largest absolute Gasteiger partial charge is 0.398 e. The van der Waals surface area contributed by atoms with Crippen LogP contribution >= 0.6 is 0 Å². The molecule has 0 unspecified atom stereocenters. The van der Waals surface area contributed by atoms with Crippen molar-refractivity contribution < 1.29 is 42.9 Å². The van der Waals surface area contributed by atoms with E-state index in [0.29, 0.717) is 0 Å². The predicted molar refractivity (Wildman–Crippen MR) is 42.1 cm³/mol. The first-order chi connectivity index (χ1) is 5.25. The van der Waals surface area contributed by atoms with Gasteiger partial charge in [0.25, 0.3) is 0 Å². The molecule has 0 heterocycles. The third-order valence-electron chi connectivity index (χ3n) is 1.64. The van der Waals surface area contributed by atoms with E-state index in [1.165, 1.54) is 0 Å². The molecule has 1 aromatic carbocycles. The van der Waals surface area contributed by atoms with Gasteiger partial charge in [-0.25, -0.2) is 0 Å². The summed E-state index contributed by atoms with van der Waals surface area (Å²) in [5.41, 5.74) is 1.63. The van der Waals surface area contributed by atoms with E-state index in [1.54, 1.807) is 18.2 Å². The monoisotopic (exact) mass is 240 g/mol. The molecule has 63 valence electrons. The molecule has 0 spiro atoms. The second-order valence-corrected chi connectivity index (χ2v) is 2.45. The van der Waals surface area contributed by atoms with Crippen LogP contribution in [0.15, 0.2) is 18.2 Å². The van der Waals surface area contributed by atoms with Gasteiger partial charge in [0.2, 0.25) is 0 Å². The molecule has 0 amide bonds. The van der Waals surface area contributed by atoms with Gasteiger partial charge in [0.15, 0.2) is 0 Å². The minimum atomic E-state index is -0.771. The van der Waals surface area contributed by atoms with Crippen molar-refractivity contribution >= 4 is 0 Å². The fraction of sp³-hybridized carbons (Fsp3) is 0.333. The van der Waals surface area contributed by atoms with E-state index in [1.807, 2.05) is 6.92 Å². The Morgan fingerprint density at radius 2 is 2.25 bits per heavy atom. The number of aliphatic hydroxyl groups is 2. The summed E-state index contributed by atoms with van der Waals surface area (Å²) in [7, 11) is 0. The van der Waals surface area contributed by atoms with Crippen molar-refractivity contribution in [3.63, 3.8) is 0 Å². The Bertz CT molecular complexity index is 238. The first-order valence-electron chi connectivity index (χ1n) is 3.52. The van der Waals surface area contributed by atoms with Gasteiger partial charge in [-0.3, -0.25) is 0 Å². The summed E-state index contributed by atoms with van der Waals surface area (Å²) in [6.07, 6.45) is -0.771. The first-order valence-corrected chi connectivity index (χ1v) is 3.52. The molecule has 0 aliphatic rings. The van der Waals surface area contributed by atoms with Crippen molar-refractivity contribution in [3.8, 4) is 0 Å². The summed E-state index contributed by atoms with van der Waals surface area (Å²) < 4.78 is 0. The van der Waals surface area contributed by atoms with Gasteiger partial charge in [-0.05, 0) is 0 Å². The van der Waals surface area contributed by atoms with Crippen LogP contribution in [0, 0.1) is 13.0 Å². The van der Waals surface area contributed by atoms with E-state index in [2.05, 4.69) is 6.07 Å². The molecule has 0 aromatic heterocycles. The zero-order valence-corrected chi connectivity index (χ0v) is 9.83. The Morgan fingerprint density at radius 3 is 2.75 bits per heavy atom. The van der Waals surface area contributed by atoms with Gasteiger partial charge < -0.3 is 10.2 Å². The van der Waals surface area contributed by atoms with Crippen LogP contribution in [0.25, 0.3) is 0 Å². The number of hydrogen-bond donors (Lipinski definition) is 2. The third-order valence-corrected chi connectivity index (χ3v) is 1.64. The number of aryl methyl sites for hydroxylation is 1. The van der Waals surface area contributed by atoms with Crippen LogP contribution in [0.2, 0.25) is 0 Å². The van der Waals surface area contributed by atoms with Crippen LogP contribution in [0.1, 0.15) is 17.2 Å². The Labute approximate surface area is 97.5 Å². The summed E-state index contributed by atoms with van der Waals surface area (Å²) >= 11 is 0. The second kappa shape index (κ2) is 5.82. The van der Waals surface area contributed by atoms with E-state index < -0.39 is 6.10 Å². The topological polar surface area (TPSA) is 40.5 Å². The minimum Gasteiger partial charge on any atom is -0.398 e.